The number of nitrogens with one attached hydrogen (secondary N) is 1. The molecule has 1 aliphatic rings. The van der Waals surface area contributed by atoms with Gasteiger partial charge in [0.2, 0.25) is 5.91 Å². The summed E-state index contributed by atoms with van der Waals surface area (Å²) in [5.41, 5.74) is 6.49. The number of benzene rings is 2. The van der Waals surface area contributed by atoms with Crippen molar-refractivity contribution in [3.63, 3.8) is 0 Å². The highest BCUT2D eigenvalue weighted by atomic mass is 16.5. The van der Waals surface area contributed by atoms with Crippen LogP contribution in [0.15, 0.2) is 54.6 Å². The zero-order chi connectivity index (χ0) is 18.4. The first kappa shape index (κ1) is 17.9. The highest BCUT2D eigenvalue weighted by Gasteiger charge is 2.40. The van der Waals surface area contributed by atoms with Gasteiger partial charge in [-0.15, -0.1) is 0 Å². The molecule has 0 bridgehead atoms. The minimum atomic E-state index is -1.14. The van der Waals surface area contributed by atoms with Gasteiger partial charge in [0, 0.05) is 6.61 Å². The molecule has 0 aliphatic carbocycles. The van der Waals surface area contributed by atoms with Crippen LogP contribution in [0.4, 0.5) is 0 Å². The maximum absolute atomic E-state index is 12.2. The molecule has 0 spiro atoms. The summed E-state index contributed by atoms with van der Waals surface area (Å²) in [7, 11) is 0. The van der Waals surface area contributed by atoms with Gasteiger partial charge >= 0.3 is 0 Å². The normalized spacial score (nSPS) is 19.5. The maximum Gasteiger partial charge on any atom is 0.258 e. The second kappa shape index (κ2) is 8.01. The van der Waals surface area contributed by atoms with Crippen LogP contribution in [-0.2, 0) is 14.3 Å². The standard InChI is InChI=1S/C20H22N2O4/c21-19(24)20(11-4-12-25-14-20)22-18(23)13-26-17-9-7-16(8-10-17)15-5-2-1-3-6-15/h1-3,5-10H,4,11-14H2,(H2,21,24)(H,22,23). The Morgan fingerprint density at radius 3 is 2.38 bits per heavy atom. The molecule has 1 aliphatic heterocycles. The largest absolute Gasteiger partial charge is 0.484 e. The third-order valence-corrected chi connectivity index (χ3v) is 4.42. The van der Waals surface area contributed by atoms with E-state index in [0.29, 0.717) is 25.2 Å². The predicted molar refractivity (Wildman–Crippen MR) is 97.5 cm³/mol. The van der Waals surface area contributed by atoms with E-state index in [0.717, 1.165) is 11.1 Å². The van der Waals surface area contributed by atoms with Crippen LogP contribution in [0.1, 0.15) is 12.8 Å². The van der Waals surface area contributed by atoms with Gasteiger partial charge in [-0.2, -0.15) is 0 Å². The van der Waals surface area contributed by atoms with E-state index in [1.807, 2.05) is 54.6 Å². The van der Waals surface area contributed by atoms with Crippen LogP contribution in [0.5, 0.6) is 5.75 Å². The van der Waals surface area contributed by atoms with Crippen molar-refractivity contribution in [2.45, 2.75) is 18.4 Å². The van der Waals surface area contributed by atoms with Gasteiger partial charge in [-0.25, -0.2) is 0 Å². The van der Waals surface area contributed by atoms with Gasteiger partial charge in [0.05, 0.1) is 6.61 Å². The molecule has 2 aromatic rings. The van der Waals surface area contributed by atoms with Gasteiger partial charge in [0.15, 0.2) is 6.61 Å². The summed E-state index contributed by atoms with van der Waals surface area (Å²) in [6.07, 6.45) is 1.14. The molecule has 1 atom stereocenters. The molecule has 3 N–H and O–H groups in total. The average Bonchev–Trinajstić information content (AvgIpc) is 2.68. The first-order valence-electron chi connectivity index (χ1n) is 8.56. The Bertz CT molecular complexity index is 753. The second-order valence-corrected chi connectivity index (χ2v) is 6.33. The molecule has 0 saturated carbocycles. The molecule has 1 fully saturated rings. The minimum Gasteiger partial charge on any atom is -0.484 e. The van der Waals surface area contributed by atoms with E-state index in [1.54, 1.807) is 0 Å². The summed E-state index contributed by atoms with van der Waals surface area (Å²) in [5.74, 6) is -0.410. The highest BCUT2D eigenvalue weighted by Crippen LogP contribution is 2.22. The Morgan fingerprint density at radius 2 is 1.77 bits per heavy atom. The second-order valence-electron chi connectivity index (χ2n) is 6.33. The number of amides is 2. The highest BCUT2D eigenvalue weighted by molar-refractivity contribution is 5.91. The monoisotopic (exact) mass is 354 g/mol. The summed E-state index contributed by atoms with van der Waals surface area (Å²) in [5, 5.41) is 2.68. The lowest BCUT2D eigenvalue weighted by Gasteiger charge is -2.34. The van der Waals surface area contributed by atoms with Crippen molar-refractivity contribution in [1.82, 2.24) is 5.32 Å². The van der Waals surface area contributed by atoms with Gasteiger partial charge in [-0.05, 0) is 36.1 Å². The topological polar surface area (TPSA) is 90.7 Å². The van der Waals surface area contributed by atoms with Crippen molar-refractivity contribution in [2.24, 2.45) is 5.73 Å². The summed E-state index contributed by atoms with van der Waals surface area (Å²) >= 11 is 0. The summed E-state index contributed by atoms with van der Waals surface area (Å²) in [6.45, 7) is 0.467. The van der Waals surface area contributed by atoms with Crippen molar-refractivity contribution >= 4 is 11.8 Å². The summed E-state index contributed by atoms with van der Waals surface area (Å²) < 4.78 is 10.8. The molecular formula is C20H22N2O4. The number of carbonyl (C=O) groups is 2. The molecule has 136 valence electrons. The average molecular weight is 354 g/mol. The van der Waals surface area contributed by atoms with Gasteiger partial charge in [0.25, 0.3) is 5.91 Å². The SMILES string of the molecule is NC(=O)C1(NC(=O)COc2ccc(-c3ccccc3)cc2)CCCOC1. The predicted octanol–water partition coefficient (Wildman–Crippen LogP) is 1.88. The lowest BCUT2D eigenvalue weighted by Crippen LogP contribution is -2.62. The molecule has 1 saturated heterocycles. The Hall–Kier alpha value is -2.86. The van der Waals surface area contributed by atoms with Crippen LogP contribution >= 0.6 is 0 Å². The zero-order valence-corrected chi connectivity index (χ0v) is 14.4. The number of hydrogen-bond acceptors (Lipinski definition) is 4. The van der Waals surface area contributed by atoms with Gasteiger partial charge in [-0.1, -0.05) is 42.5 Å². The maximum atomic E-state index is 12.2. The van der Waals surface area contributed by atoms with E-state index >= 15 is 0 Å². The Morgan fingerprint density at radius 1 is 1.08 bits per heavy atom. The number of nitrogens with two attached hydrogens (primary N) is 1. The molecule has 1 heterocycles. The van der Waals surface area contributed by atoms with Gasteiger partial charge in [-0.3, -0.25) is 9.59 Å². The fourth-order valence-electron chi connectivity index (χ4n) is 2.98. The zero-order valence-electron chi connectivity index (χ0n) is 14.4. The number of rotatable bonds is 6. The quantitative estimate of drug-likeness (QED) is 0.829. The molecule has 0 radical (unpaired) electrons. The third kappa shape index (κ3) is 4.21. The van der Waals surface area contributed by atoms with Crippen LogP contribution in [0, 0.1) is 0 Å². The van der Waals surface area contributed by atoms with Gasteiger partial charge in [0.1, 0.15) is 11.3 Å². The van der Waals surface area contributed by atoms with Crippen molar-refractivity contribution in [3.8, 4) is 16.9 Å². The van der Waals surface area contributed by atoms with Crippen molar-refractivity contribution in [2.75, 3.05) is 19.8 Å². The first-order valence-corrected chi connectivity index (χ1v) is 8.56. The third-order valence-electron chi connectivity index (χ3n) is 4.42. The molecule has 1 unspecified atom stereocenters. The molecule has 3 rings (SSSR count). The lowest BCUT2D eigenvalue weighted by atomic mass is 9.91. The van der Waals surface area contributed by atoms with E-state index < -0.39 is 17.4 Å². The van der Waals surface area contributed by atoms with Gasteiger partial charge < -0.3 is 20.5 Å². The minimum absolute atomic E-state index is 0.0971. The fraction of sp³-hybridized carbons (Fsp3) is 0.300. The molecule has 26 heavy (non-hydrogen) atoms. The fourth-order valence-corrected chi connectivity index (χ4v) is 2.98. The van der Waals surface area contributed by atoms with E-state index in [-0.39, 0.29) is 13.2 Å². The number of primary amides is 1. The van der Waals surface area contributed by atoms with E-state index in [1.165, 1.54) is 0 Å². The van der Waals surface area contributed by atoms with Crippen LogP contribution in [0.2, 0.25) is 0 Å². The summed E-state index contributed by atoms with van der Waals surface area (Å²) in [6, 6.07) is 17.5. The number of ether oxygens (including phenoxy) is 2. The molecule has 0 aromatic heterocycles. The molecular weight excluding hydrogens is 332 g/mol. The number of carbonyl (C=O) groups excluding carboxylic acids is 2. The molecule has 2 amide bonds. The Kier molecular flexibility index (Phi) is 5.53. The molecule has 6 heteroatoms. The smallest absolute Gasteiger partial charge is 0.258 e. The van der Waals surface area contributed by atoms with Crippen LogP contribution in [0.25, 0.3) is 11.1 Å². The van der Waals surface area contributed by atoms with E-state index in [9.17, 15) is 9.59 Å². The summed E-state index contributed by atoms with van der Waals surface area (Å²) in [4.78, 5) is 23.9. The van der Waals surface area contributed by atoms with Crippen LogP contribution in [-0.4, -0.2) is 37.2 Å². The molecule has 6 nitrogen and oxygen atoms in total. The first-order chi connectivity index (χ1) is 12.6. The Labute approximate surface area is 152 Å². The van der Waals surface area contributed by atoms with Crippen molar-refractivity contribution in [3.05, 3.63) is 54.6 Å². The van der Waals surface area contributed by atoms with Crippen LogP contribution < -0.4 is 15.8 Å². The Balaban J connectivity index is 1.56. The molecule has 2 aromatic carbocycles. The van der Waals surface area contributed by atoms with Crippen LogP contribution in [0.3, 0.4) is 0 Å². The lowest BCUT2D eigenvalue weighted by molar-refractivity contribution is -0.138. The van der Waals surface area contributed by atoms with Crippen molar-refractivity contribution < 1.29 is 19.1 Å². The number of hydrogen-bond donors (Lipinski definition) is 2. The van der Waals surface area contributed by atoms with E-state index in [2.05, 4.69) is 5.32 Å². The van der Waals surface area contributed by atoms with Crippen molar-refractivity contribution in [1.29, 1.82) is 0 Å². The van der Waals surface area contributed by atoms with E-state index in [4.69, 9.17) is 15.2 Å².